The van der Waals surface area contributed by atoms with E-state index in [0.29, 0.717) is 18.0 Å². The molecule has 1 rings (SSSR count). The maximum absolute atomic E-state index is 12.1. The molecule has 0 aliphatic carbocycles. The van der Waals surface area contributed by atoms with E-state index in [4.69, 9.17) is 5.11 Å². The van der Waals surface area contributed by atoms with Gasteiger partial charge in [-0.05, 0) is 25.2 Å². The van der Waals surface area contributed by atoms with E-state index in [1.165, 1.54) is 6.20 Å². The Labute approximate surface area is 118 Å². The Balaban J connectivity index is 2.71. The number of nitrogens with zero attached hydrogens (tertiary/aromatic N) is 1. The number of aryl methyl sites for hydroxylation is 1. The van der Waals surface area contributed by atoms with Crippen molar-refractivity contribution in [3.63, 3.8) is 0 Å². The third-order valence-electron chi connectivity index (χ3n) is 2.90. The lowest BCUT2D eigenvalue weighted by Gasteiger charge is -2.17. The van der Waals surface area contributed by atoms with Gasteiger partial charge in [-0.1, -0.05) is 13.8 Å². The van der Waals surface area contributed by atoms with E-state index in [2.05, 4.69) is 14.9 Å². The number of rotatable bonds is 8. The summed E-state index contributed by atoms with van der Waals surface area (Å²) >= 11 is 0. The number of hydrogen-bond acceptors (Lipinski definition) is 4. The average Bonchev–Trinajstić information content (AvgIpc) is 2.72. The number of nitrogens with one attached hydrogen (secondary N) is 2. The second kappa shape index (κ2) is 6.85. The highest BCUT2D eigenvalue weighted by molar-refractivity contribution is 7.89. The van der Waals surface area contributed by atoms with Gasteiger partial charge in [0.15, 0.2) is 0 Å². The first-order valence-corrected chi connectivity index (χ1v) is 7.92. The summed E-state index contributed by atoms with van der Waals surface area (Å²) in [6, 6.07) is 0. The van der Waals surface area contributed by atoms with Gasteiger partial charge in [-0.3, -0.25) is 9.89 Å². The molecule has 1 aromatic rings. The fourth-order valence-electron chi connectivity index (χ4n) is 2.07. The average molecular weight is 303 g/mol. The minimum absolute atomic E-state index is 0.0505. The van der Waals surface area contributed by atoms with E-state index in [9.17, 15) is 13.2 Å². The number of carboxylic acids is 1. The number of aromatic nitrogens is 2. The molecule has 20 heavy (non-hydrogen) atoms. The van der Waals surface area contributed by atoms with Crippen molar-refractivity contribution < 1.29 is 18.3 Å². The normalized spacial score (nSPS) is 13.6. The predicted molar refractivity (Wildman–Crippen MR) is 73.7 cm³/mol. The molecule has 0 aromatic carbocycles. The summed E-state index contributed by atoms with van der Waals surface area (Å²) in [5.41, 5.74) is 0.455. The van der Waals surface area contributed by atoms with Crippen LogP contribution in [0.1, 0.15) is 32.4 Å². The Hall–Kier alpha value is -1.41. The molecule has 8 heteroatoms. The highest BCUT2D eigenvalue weighted by Crippen LogP contribution is 2.17. The quantitative estimate of drug-likeness (QED) is 0.666. The minimum Gasteiger partial charge on any atom is -0.481 e. The molecule has 0 amide bonds. The fraction of sp³-hybridized carbons (Fsp3) is 0.667. The van der Waals surface area contributed by atoms with Crippen LogP contribution in [0.5, 0.6) is 0 Å². The Kier molecular flexibility index (Phi) is 5.70. The molecule has 0 bridgehead atoms. The van der Waals surface area contributed by atoms with Gasteiger partial charge in [-0.2, -0.15) is 5.10 Å². The smallest absolute Gasteiger partial charge is 0.303 e. The molecule has 1 heterocycles. The molecule has 7 nitrogen and oxygen atoms in total. The number of sulfonamides is 1. The molecule has 0 aliphatic heterocycles. The van der Waals surface area contributed by atoms with Crippen LogP contribution >= 0.6 is 0 Å². The second-order valence-electron chi connectivity index (χ2n) is 5.30. The Bertz CT molecular complexity index is 551. The van der Waals surface area contributed by atoms with Crippen LogP contribution in [0, 0.1) is 18.8 Å². The van der Waals surface area contributed by atoms with E-state index in [1.807, 2.05) is 13.8 Å². The summed E-state index contributed by atoms with van der Waals surface area (Å²) in [5, 5.41) is 15.1. The summed E-state index contributed by atoms with van der Waals surface area (Å²) in [7, 11) is -3.65. The van der Waals surface area contributed by atoms with Gasteiger partial charge in [0.2, 0.25) is 10.0 Å². The second-order valence-corrected chi connectivity index (χ2v) is 7.04. The van der Waals surface area contributed by atoms with Gasteiger partial charge in [0.25, 0.3) is 0 Å². The maximum atomic E-state index is 12.1. The van der Waals surface area contributed by atoms with Crippen LogP contribution in [-0.4, -0.2) is 36.2 Å². The molecule has 114 valence electrons. The monoisotopic (exact) mass is 303 g/mol. The van der Waals surface area contributed by atoms with Crippen LogP contribution in [0.25, 0.3) is 0 Å². The van der Waals surface area contributed by atoms with Gasteiger partial charge >= 0.3 is 5.97 Å². The fourth-order valence-corrected chi connectivity index (χ4v) is 3.32. The maximum Gasteiger partial charge on any atom is 0.303 e. The van der Waals surface area contributed by atoms with Gasteiger partial charge in [-0.25, -0.2) is 13.1 Å². The standard InChI is InChI=1S/C12H21N3O4S/c1-8(2)4-10(5-12(16)17)6-14-20(18,19)11-7-13-15-9(11)3/h7-8,10,14H,4-6H2,1-3H3,(H,13,15)(H,16,17). The van der Waals surface area contributed by atoms with Crippen LogP contribution < -0.4 is 4.72 Å². The SMILES string of the molecule is Cc1[nH]ncc1S(=O)(=O)NCC(CC(=O)O)CC(C)C. The lowest BCUT2D eigenvalue weighted by atomic mass is 9.94. The highest BCUT2D eigenvalue weighted by atomic mass is 32.2. The van der Waals surface area contributed by atoms with E-state index in [0.717, 1.165) is 0 Å². The van der Waals surface area contributed by atoms with Crippen LogP contribution in [0.4, 0.5) is 0 Å². The van der Waals surface area contributed by atoms with Crippen molar-refractivity contribution in [1.82, 2.24) is 14.9 Å². The van der Waals surface area contributed by atoms with E-state index in [1.54, 1.807) is 6.92 Å². The molecule has 0 spiro atoms. The van der Waals surface area contributed by atoms with Crippen molar-refractivity contribution in [1.29, 1.82) is 0 Å². The molecular weight excluding hydrogens is 282 g/mol. The summed E-state index contributed by atoms with van der Waals surface area (Å²) in [6.07, 6.45) is 1.84. The van der Waals surface area contributed by atoms with Crippen LogP contribution in [0.3, 0.4) is 0 Å². The summed E-state index contributed by atoms with van der Waals surface area (Å²) in [5.74, 6) is -0.844. The van der Waals surface area contributed by atoms with Crippen molar-refractivity contribution in [2.24, 2.45) is 11.8 Å². The van der Waals surface area contributed by atoms with Gasteiger partial charge in [0, 0.05) is 13.0 Å². The number of carboxylic acid groups (broad SMARTS) is 1. The summed E-state index contributed by atoms with van der Waals surface area (Å²) in [4.78, 5) is 10.9. The molecule has 0 saturated heterocycles. The first kappa shape index (κ1) is 16.6. The van der Waals surface area contributed by atoms with E-state index >= 15 is 0 Å². The van der Waals surface area contributed by atoms with Crippen LogP contribution in [0.15, 0.2) is 11.1 Å². The zero-order valence-corrected chi connectivity index (χ0v) is 12.7. The molecule has 0 aliphatic rings. The third-order valence-corrected chi connectivity index (χ3v) is 4.44. The number of hydrogen-bond donors (Lipinski definition) is 3. The van der Waals surface area contributed by atoms with Crippen molar-refractivity contribution in [3.8, 4) is 0 Å². The minimum atomic E-state index is -3.65. The van der Waals surface area contributed by atoms with E-state index < -0.39 is 16.0 Å². The van der Waals surface area contributed by atoms with Crippen molar-refractivity contribution >= 4 is 16.0 Å². The highest BCUT2D eigenvalue weighted by Gasteiger charge is 2.22. The van der Waals surface area contributed by atoms with E-state index in [-0.39, 0.29) is 23.8 Å². The van der Waals surface area contributed by atoms with Gasteiger partial charge in [0.1, 0.15) is 4.90 Å². The number of aromatic amines is 1. The van der Waals surface area contributed by atoms with Crippen LogP contribution in [-0.2, 0) is 14.8 Å². The summed E-state index contributed by atoms with van der Waals surface area (Å²) < 4.78 is 26.6. The molecule has 0 fully saturated rings. The molecular formula is C12H21N3O4S. The third kappa shape index (κ3) is 4.93. The first-order chi connectivity index (χ1) is 9.22. The molecule has 1 atom stereocenters. The number of H-pyrrole nitrogens is 1. The predicted octanol–water partition coefficient (Wildman–Crippen LogP) is 1.13. The summed E-state index contributed by atoms with van der Waals surface area (Å²) in [6.45, 7) is 5.68. The molecule has 3 N–H and O–H groups in total. The molecule has 1 aromatic heterocycles. The molecule has 1 unspecified atom stereocenters. The number of carbonyl (C=O) groups is 1. The Morgan fingerprint density at radius 3 is 2.60 bits per heavy atom. The van der Waals surface area contributed by atoms with Crippen molar-refractivity contribution in [2.45, 2.75) is 38.5 Å². The lowest BCUT2D eigenvalue weighted by Crippen LogP contribution is -2.31. The van der Waals surface area contributed by atoms with Crippen LogP contribution in [0.2, 0.25) is 0 Å². The van der Waals surface area contributed by atoms with Crippen molar-refractivity contribution in [3.05, 3.63) is 11.9 Å². The van der Waals surface area contributed by atoms with Gasteiger partial charge in [-0.15, -0.1) is 0 Å². The zero-order valence-electron chi connectivity index (χ0n) is 11.9. The topological polar surface area (TPSA) is 112 Å². The number of aliphatic carboxylic acids is 1. The Morgan fingerprint density at radius 2 is 2.15 bits per heavy atom. The van der Waals surface area contributed by atoms with Gasteiger partial charge in [0.05, 0.1) is 11.9 Å². The lowest BCUT2D eigenvalue weighted by molar-refractivity contribution is -0.138. The zero-order chi connectivity index (χ0) is 15.3. The largest absolute Gasteiger partial charge is 0.481 e. The molecule has 0 saturated carbocycles. The van der Waals surface area contributed by atoms with Crippen molar-refractivity contribution in [2.75, 3.05) is 6.54 Å². The first-order valence-electron chi connectivity index (χ1n) is 6.43. The molecule has 0 radical (unpaired) electrons. The Morgan fingerprint density at radius 1 is 1.50 bits per heavy atom. The van der Waals surface area contributed by atoms with Gasteiger partial charge < -0.3 is 5.11 Å².